The molecule has 3 heteroatoms. The summed E-state index contributed by atoms with van der Waals surface area (Å²) in [4.78, 5) is 6.76. The Labute approximate surface area is 128 Å². The molecule has 3 nitrogen and oxygen atoms in total. The van der Waals surface area contributed by atoms with Crippen molar-refractivity contribution in [2.75, 3.05) is 19.0 Å². The number of hydrogen-bond acceptors (Lipinski definition) is 3. The summed E-state index contributed by atoms with van der Waals surface area (Å²) in [6.45, 7) is 4.34. The second-order valence-corrected chi connectivity index (χ2v) is 5.27. The molecular weight excluding hydrogens is 258 g/mol. The van der Waals surface area contributed by atoms with Crippen molar-refractivity contribution in [2.24, 2.45) is 0 Å². The summed E-state index contributed by atoms with van der Waals surface area (Å²) in [5.41, 5.74) is 4.75. The van der Waals surface area contributed by atoms with E-state index in [2.05, 4.69) is 72.5 Å². The van der Waals surface area contributed by atoms with Gasteiger partial charge in [0.1, 0.15) is 0 Å². The first-order valence-corrected chi connectivity index (χ1v) is 7.65. The number of benzene rings is 1. The number of pyridine rings is 1. The molecule has 2 rings (SSSR count). The number of nitrogens with zero attached hydrogens (tertiary/aromatic N) is 2. The average Bonchev–Trinajstić information content (AvgIpc) is 2.56. The average molecular weight is 283 g/mol. The molecule has 0 spiro atoms. The molecule has 112 valence electrons. The number of hydrogen-bond donors (Lipinski definition) is 1. The van der Waals surface area contributed by atoms with E-state index < -0.39 is 0 Å². The SMILES string of the molecule is CCc1ccc(N(C)c2ccc(C(CC)NC)nc2)cc1. The first-order valence-electron chi connectivity index (χ1n) is 7.65. The Morgan fingerprint density at radius 3 is 2.19 bits per heavy atom. The summed E-state index contributed by atoms with van der Waals surface area (Å²) in [5, 5.41) is 3.28. The maximum Gasteiger partial charge on any atom is 0.0594 e. The standard InChI is InChI=1S/C18H25N3/c1-5-14-7-9-15(10-8-14)21(4)16-11-12-18(20-13-16)17(6-2)19-3/h7-13,17,19H,5-6H2,1-4H3. The van der Waals surface area contributed by atoms with Crippen LogP contribution >= 0.6 is 0 Å². The van der Waals surface area contributed by atoms with Crippen LogP contribution in [-0.2, 0) is 6.42 Å². The quantitative estimate of drug-likeness (QED) is 0.865. The highest BCUT2D eigenvalue weighted by atomic mass is 15.1. The van der Waals surface area contributed by atoms with Gasteiger partial charge in [-0.15, -0.1) is 0 Å². The summed E-state index contributed by atoms with van der Waals surface area (Å²) in [7, 11) is 4.05. The number of anilines is 2. The van der Waals surface area contributed by atoms with Gasteiger partial charge in [-0.05, 0) is 49.7 Å². The normalized spacial score (nSPS) is 12.2. The topological polar surface area (TPSA) is 28.2 Å². The molecule has 1 unspecified atom stereocenters. The van der Waals surface area contributed by atoms with Crippen molar-refractivity contribution in [3.8, 4) is 0 Å². The molecule has 1 heterocycles. The minimum Gasteiger partial charge on any atom is -0.343 e. The maximum atomic E-state index is 4.60. The van der Waals surface area contributed by atoms with E-state index in [-0.39, 0.29) is 0 Å². The van der Waals surface area contributed by atoms with Crippen molar-refractivity contribution in [1.29, 1.82) is 0 Å². The van der Waals surface area contributed by atoms with Gasteiger partial charge in [-0.3, -0.25) is 4.98 Å². The Kier molecular flexibility index (Phi) is 5.34. The fourth-order valence-corrected chi connectivity index (χ4v) is 2.47. The molecule has 21 heavy (non-hydrogen) atoms. The van der Waals surface area contributed by atoms with Crippen LogP contribution in [0, 0.1) is 0 Å². The number of rotatable bonds is 6. The molecule has 0 saturated heterocycles. The van der Waals surface area contributed by atoms with Gasteiger partial charge in [-0.2, -0.15) is 0 Å². The summed E-state index contributed by atoms with van der Waals surface area (Å²) in [6.07, 6.45) is 4.06. The predicted octanol–water partition coefficient (Wildman–Crippen LogP) is 4.08. The highest BCUT2D eigenvalue weighted by molar-refractivity contribution is 5.61. The van der Waals surface area contributed by atoms with Gasteiger partial charge in [0, 0.05) is 18.8 Å². The predicted molar refractivity (Wildman–Crippen MR) is 90.2 cm³/mol. The van der Waals surface area contributed by atoms with E-state index in [0.717, 1.165) is 24.2 Å². The molecule has 0 aliphatic heterocycles. The van der Waals surface area contributed by atoms with Crippen LogP contribution in [0.3, 0.4) is 0 Å². The molecular formula is C18H25N3. The van der Waals surface area contributed by atoms with E-state index in [1.807, 2.05) is 13.2 Å². The molecule has 0 fully saturated rings. The van der Waals surface area contributed by atoms with Crippen LogP contribution < -0.4 is 10.2 Å². The maximum absolute atomic E-state index is 4.60. The van der Waals surface area contributed by atoms with Crippen LogP contribution in [0.5, 0.6) is 0 Å². The van der Waals surface area contributed by atoms with Crippen molar-refractivity contribution in [1.82, 2.24) is 10.3 Å². The Bertz CT molecular complexity index is 542. The molecule has 1 aromatic carbocycles. The third-order valence-corrected chi connectivity index (χ3v) is 4.00. The number of aromatic nitrogens is 1. The molecule has 1 aromatic heterocycles. The Morgan fingerprint density at radius 1 is 1.05 bits per heavy atom. The lowest BCUT2D eigenvalue weighted by Crippen LogP contribution is -2.17. The molecule has 0 amide bonds. The lowest BCUT2D eigenvalue weighted by molar-refractivity contribution is 0.562. The lowest BCUT2D eigenvalue weighted by atomic mass is 10.1. The third kappa shape index (κ3) is 3.61. The lowest BCUT2D eigenvalue weighted by Gasteiger charge is -2.20. The van der Waals surface area contributed by atoms with Crippen LogP contribution in [0.1, 0.15) is 37.6 Å². The van der Waals surface area contributed by atoms with Gasteiger partial charge < -0.3 is 10.2 Å². The minimum absolute atomic E-state index is 0.327. The van der Waals surface area contributed by atoms with Crippen molar-refractivity contribution >= 4 is 11.4 Å². The van der Waals surface area contributed by atoms with Crippen molar-refractivity contribution < 1.29 is 0 Å². The number of nitrogens with one attached hydrogen (secondary N) is 1. The fourth-order valence-electron chi connectivity index (χ4n) is 2.47. The zero-order valence-corrected chi connectivity index (χ0v) is 13.4. The smallest absolute Gasteiger partial charge is 0.0594 e. The van der Waals surface area contributed by atoms with Crippen LogP contribution in [-0.4, -0.2) is 19.1 Å². The van der Waals surface area contributed by atoms with Crippen molar-refractivity contribution in [2.45, 2.75) is 32.7 Å². The zero-order chi connectivity index (χ0) is 15.2. The highest BCUT2D eigenvalue weighted by Crippen LogP contribution is 2.24. The van der Waals surface area contributed by atoms with Crippen molar-refractivity contribution in [3.63, 3.8) is 0 Å². The molecule has 0 aliphatic carbocycles. The Hall–Kier alpha value is -1.87. The summed E-state index contributed by atoms with van der Waals surface area (Å²) in [5.74, 6) is 0. The van der Waals surface area contributed by atoms with Gasteiger partial charge in [-0.25, -0.2) is 0 Å². The number of aryl methyl sites for hydroxylation is 1. The van der Waals surface area contributed by atoms with E-state index in [4.69, 9.17) is 0 Å². The van der Waals surface area contributed by atoms with Crippen LogP contribution in [0.4, 0.5) is 11.4 Å². The monoisotopic (exact) mass is 283 g/mol. The summed E-state index contributed by atoms with van der Waals surface area (Å²) < 4.78 is 0. The Morgan fingerprint density at radius 2 is 1.71 bits per heavy atom. The second-order valence-electron chi connectivity index (χ2n) is 5.27. The summed E-state index contributed by atoms with van der Waals surface area (Å²) in [6, 6.07) is 13.3. The van der Waals surface area contributed by atoms with Gasteiger partial charge in [0.25, 0.3) is 0 Å². The van der Waals surface area contributed by atoms with Crippen LogP contribution in [0.25, 0.3) is 0 Å². The Balaban J connectivity index is 2.16. The van der Waals surface area contributed by atoms with Gasteiger partial charge in [-0.1, -0.05) is 26.0 Å². The van der Waals surface area contributed by atoms with Gasteiger partial charge in [0.05, 0.1) is 17.6 Å². The molecule has 1 N–H and O–H groups in total. The van der Waals surface area contributed by atoms with Crippen LogP contribution in [0.15, 0.2) is 42.6 Å². The van der Waals surface area contributed by atoms with Crippen LogP contribution in [0.2, 0.25) is 0 Å². The first kappa shape index (κ1) is 15.5. The second kappa shape index (κ2) is 7.23. The van der Waals surface area contributed by atoms with E-state index >= 15 is 0 Å². The van der Waals surface area contributed by atoms with E-state index in [1.165, 1.54) is 11.3 Å². The molecule has 2 aromatic rings. The highest BCUT2D eigenvalue weighted by Gasteiger charge is 2.09. The van der Waals surface area contributed by atoms with Gasteiger partial charge in [0.15, 0.2) is 0 Å². The molecule has 0 bridgehead atoms. The molecule has 0 saturated carbocycles. The van der Waals surface area contributed by atoms with Gasteiger partial charge in [0.2, 0.25) is 0 Å². The van der Waals surface area contributed by atoms with E-state index in [9.17, 15) is 0 Å². The molecule has 1 atom stereocenters. The van der Waals surface area contributed by atoms with Gasteiger partial charge >= 0.3 is 0 Å². The third-order valence-electron chi connectivity index (χ3n) is 4.00. The molecule has 0 aliphatic rings. The first-order chi connectivity index (χ1) is 10.2. The van der Waals surface area contributed by atoms with E-state index in [1.54, 1.807) is 0 Å². The largest absolute Gasteiger partial charge is 0.343 e. The summed E-state index contributed by atoms with van der Waals surface area (Å²) >= 11 is 0. The van der Waals surface area contributed by atoms with Crippen molar-refractivity contribution in [3.05, 3.63) is 53.9 Å². The zero-order valence-electron chi connectivity index (χ0n) is 13.4. The van der Waals surface area contributed by atoms with E-state index in [0.29, 0.717) is 6.04 Å². The molecule has 0 radical (unpaired) electrons. The fraction of sp³-hybridized carbons (Fsp3) is 0.389. The minimum atomic E-state index is 0.327.